The quantitative estimate of drug-likeness (QED) is 0.324. The van der Waals surface area contributed by atoms with Crippen molar-refractivity contribution >= 4 is 40.0 Å². The zero-order chi connectivity index (χ0) is 20.4. The third-order valence-electron chi connectivity index (χ3n) is 4.62. The molecule has 29 heavy (non-hydrogen) atoms. The van der Waals surface area contributed by atoms with E-state index in [-0.39, 0.29) is 11.4 Å². The van der Waals surface area contributed by atoms with Crippen LogP contribution >= 0.6 is 23.4 Å². The summed E-state index contributed by atoms with van der Waals surface area (Å²) in [5, 5.41) is 10.0. The van der Waals surface area contributed by atoms with Gasteiger partial charge in [0.1, 0.15) is 5.82 Å². The van der Waals surface area contributed by atoms with Gasteiger partial charge in [0.05, 0.1) is 10.9 Å². The van der Waals surface area contributed by atoms with Crippen LogP contribution in [0.1, 0.15) is 12.0 Å². The first-order valence-corrected chi connectivity index (χ1v) is 10.4. The summed E-state index contributed by atoms with van der Waals surface area (Å²) in [5.41, 5.74) is 1.00. The number of benzene rings is 2. The highest BCUT2D eigenvalue weighted by Gasteiger charge is 2.17. The van der Waals surface area contributed by atoms with Crippen molar-refractivity contribution in [1.82, 2.24) is 19.2 Å². The zero-order valence-electron chi connectivity index (χ0n) is 15.6. The van der Waals surface area contributed by atoms with E-state index in [2.05, 4.69) is 10.2 Å². The van der Waals surface area contributed by atoms with Crippen molar-refractivity contribution in [3.05, 3.63) is 69.2 Å². The Balaban J connectivity index is 1.81. The first kappa shape index (κ1) is 19.9. The summed E-state index contributed by atoms with van der Waals surface area (Å²) in [7, 11) is 1.62. The largest absolute Gasteiger partial charge is 0.385 e. The van der Waals surface area contributed by atoms with Crippen LogP contribution in [0.15, 0.2) is 52.4 Å². The molecule has 4 rings (SSSR count). The molecule has 0 N–H and O–H groups in total. The number of aryl methyl sites for hydroxylation is 1. The number of para-hydroxylation sites is 1. The predicted molar refractivity (Wildman–Crippen MR) is 112 cm³/mol. The summed E-state index contributed by atoms with van der Waals surface area (Å²) in [6.45, 7) is 0.996. The van der Waals surface area contributed by atoms with Gasteiger partial charge >= 0.3 is 0 Å². The highest BCUT2D eigenvalue weighted by atomic mass is 35.5. The lowest BCUT2D eigenvalue weighted by molar-refractivity contribution is 0.190. The van der Waals surface area contributed by atoms with Gasteiger partial charge in [0.15, 0.2) is 5.16 Å². The average molecular weight is 433 g/mol. The van der Waals surface area contributed by atoms with Gasteiger partial charge in [-0.15, -0.1) is 10.2 Å². The molecule has 0 radical (unpaired) electrons. The van der Waals surface area contributed by atoms with E-state index >= 15 is 0 Å². The minimum Gasteiger partial charge on any atom is -0.385 e. The minimum absolute atomic E-state index is 0.120. The van der Waals surface area contributed by atoms with E-state index in [1.165, 1.54) is 17.8 Å². The molecule has 4 aromatic rings. The van der Waals surface area contributed by atoms with E-state index in [4.69, 9.17) is 16.3 Å². The average Bonchev–Trinajstić information content (AvgIpc) is 3.14. The molecule has 0 saturated heterocycles. The monoisotopic (exact) mass is 432 g/mol. The second kappa shape index (κ2) is 8.52. The molecule has 6 nitrogen and oxygen atoms in total. The standard InChI is InChI=1S/C20H18ClFN4O2S/c1-28-11-5-10-25-18(27)13-6-2-3-9-17(13)26-19(25)23-24-20(26)29-12-14-15(21)7-4-8-16(14)22/h2-4,6-9H,5,10-12H2,1H3. The van der Waals surface area contributed by atoms with E-state index in [9.17, 15) is 9.18 Å². The lowest BCUT2D eigenvalue weighted by Crippen LogP contribution is -2.24. The number of ether oxygens (including phenoxy) is 1. The number of thioether (sulfide) groups is 1. The molecule has 0 aliphatic carbocycles. The molecule has 0 bridgehead atoms. The van der Waals surface area contributed by atoms with Crippen molar-refractivity contribution in [2.24, 2.45) is 0 Å². The number of halogens is 2. The number of hydrogen-bond acceptors (Lipinski definition) is 5. The SMILES string of the molecule is COCCCn1c(=O)c2ccccc2n2c(SCc3c(F)cccc3Cl)nnc12. The van der Waals surface area contributed by atoms with Gasteiger partial charge in [-0.25, -0.2) is 4.39 Å². The Hall–Kier alpha value is -2.42. The molecule has 0 unspecified atom stereocenters. The van der Waals surface area contributed by atoms with Crippen molar-refractivity contribution < 1.29 is 9.13 Å². The summed E-state index contributed by atoms with van der Waals surface area (Å²) in [6.07, 6.45) is 0.671. The Morgan fingerprint density at radius 3 is 2.79 bits per heavy atom. The second-order valence-corrected chi connectivity index (χ2v) is 7.78. The van der Waals surface area contributed by atoms with E-state index in [1.807, 2.05) is 22.6 Å². The molecule has 0 atom stereocenters. The van der Waals surface area contributed by atoms with E-state index in [0.29, 0.717) is 57.7 Å². The van der Waals surface area contributed by atoms with Gasteiger partial charge in [-0.2, -0.15) is 0 Å². The molecular weight excluding hydrogens is 415 g/mol. The summed E-state index contributed by atoms with van der Waals surface area (Å²) in [4.78, 5) is 13.0. The van der Waals surface area contributed by atoms with E-state index in [1.54, 1.807) is 29.9 Å². The third kappa shape index (κ3) is 3.75. The van der Waals surface area contributed by atoms with Gasteiger partial charge in [-0.1, -0.05) is 41.6 Å². The number of aromatic nitrogens is 4. The molecule has 150 valence electrons. The Bertz CT molecular complexity index is 1220. The smallest absolute Gasteiger partial charge is 0.262 e. The molecule has 0 aliphatic rings. The van der Waals surface area contributed by atoms with Crippen LogP contribution < -0.4 is 5.56 Å². The molecular formula is C20H18ClFN4O2S. The Morgan fingerprint density at radius 2 is 2.00 bits per heavy atom. The second-order valence-electron chi connectivity index (χ2n) is 6.43. The fourth-order valence-electron chi connectivity index (χ4n) is 3.20. The maximum absolute atomic E-state index is 14.1. The fourth-order valence-corrected chi connectivity index (χ4v) is 4.49. The van der Waals surface area contributed by atoms with Crippen LogP contribution in [0.2, 0.25) is 5.02 Å². The van der Waals surface area contributed by atoms with Gasteiger partial charge in [0.25, 0.3) is 5.56 Å². The Kier molecular flexibility index (Phi) is 5.84. The van der Waals surface area contributed by atoms with Crippen LogP contribution in [0.5, 0.6) is 0 Å². The number of rotatable bonds is 7. The molecule has 0 saturated carbocycles. The van der Waals surface area contributed by atoms with Crippen molar-refractivity contribution in [2.45, 2.75) is 23.9 Å². The fraction of sp³-hybridized carbons (Fsp3) is 0.250. The summed E-state index contributed by atoms with van der Waals surface area (Å²) in [5.74, 6) is 0.385. The maximum Gasteiger partial charge on any atom is 0.262 e. The first-order chi connectivity index (χ1) is 14.1. The van der Waals surface area contributed by atoms with Crippen LogP contribution in [0, 0.1) is 5.82 Å². The van der Waals surface area contributed by atoms with Crippen LogP contribution in [-0.4, -0.2) is 32.9 Å². The first-order valence-electron chi connectivity index (χ1n) is 9.03. The number of methoxy groups -OCH3 is 1. The Labute approximate surface area is 175 Å². The molecule has 0 amide bonds. The summed E-state index contributed by atoms with van der Waals surface area (Å²) in [6, 6.07) is 11.9. The Morgan fingerprint density at radius 1 is 1.17 bits per heavy atom. The van der Waals surface area contributed by atoms with Crippen molar-refractivity contribution in [3.8, 4) is 0 Å². The van der Waals surface area contributed by atoms with Gasteiger partial charge in [0.2, 0.25) is 5.78 Å². The number of nitrogens with zero attached hydrogens (tertiary/aromatic N) is 4. The summed E-state index contributed by atoms with van der Waals surface area (Å²) < 4.78 is 22.7. The molecule has 2 heterocycles. The predicted octanol–water partition coefficient (Wildman–Crippen LogP) is 4.17. The molecule has 0 fully saturated rings. The highest BCUT2D eigenvalue weighted by molar-refractivity contribution is 7.98. The third-order valence-corrected chi connectivity index (χ3v) is 5.93. The van der Waals surface area contributed by atoms with Gasteiger partial charge in [0, 0.05) is 36.6 Å². The van der Waals surface area contributed by atoms with Crippen molar-refractivity contribution in [1.29, 1.82) is 0 Å². The van der Waals surface area contributed by atoms with Crippen molar-refractivity contribution in [2.75, 3.05) is 13.7 Å². The maximum atomic E-state index is 14.1. The van der Waals surface area contributed by atoms with Crippen LogP contribution in [0.3, 0.4) is 0 Å². The van der Waals surface area contributed by atoms with E-state index in [0.717, 1.165) is 0 Å². The van der Waals surface area contributed by atoms with Gasteiger partial charge in [-0.3, -0.25) is 13.8 Å². The molecule has 0 spiro atoms. The summed E-state index contributed by atoms with van der Waals surface area (Å²) >= 11 is 7.47. The van der Waals surface area contributed by atoms with Crippen molar-refractivity contribution in [3.63, 3.8) is 0 Å². The van der Waals surface area contributed by atoms with E-state index < -0.39 is 0 Å². The lowest BCUT2D eigenvalue weighted by Gasteiger charge is -2.11. The molecule has 9 heteroatoms. The number of fused-ring (bicyclic) bond motifs is 3. The topological polar surface area (TPSA) is 61.4 Å². The molecule has 0 aliphatic heterocycles. The van der Waals surface area contributed by atoms with Crippen LogP contribution in [-0.2, 0) is 17.0 Å². The minimum atomic E-state index is -0.361. The molecule has 2 aromatic heterocycles. The highest BCUT2D eigenvalue weighted by Crippen LogP contribution is 2.29. The van der Waals surface area contributed by atoms with Gasteiger partial charge in [-0.05, 0) is 30.7 Å². The zero-order valence-corrected chi connectivity index (χ0v) is 17.2. The van der Waals surface area contributed by atoms with Crippen LogP contribution in [0.4, 0.5) is 4.39 Å². The normalized spacial score (nSPS) is 11.6. The molecule has 2 aromatic carbocycles. The lowest BCUT2D eigenvalue weighted by atomic mass is 10.2. The van der Waals surface area contributed by atoms with Crippen LogP contribution in [0.25, 0.3) is 16.7 Å². The number of hydrogen-bond donors (Lipinski definition) is 0. The van der Waals surface area contributed by atoms with Gasteiger partial charge < -0.3 is 4.74 Å².